The molecular weight excluding hydrogens is 454 g/mol. The zero-order valence-corrected chi connectivity index (χ0v) is 19.5. The molecule has 1 aliphatic carbocycles. The summed E-state index contributed by atoms with van der Waals surface area (Å²) in [6.07, 6.45) is 3.43. The van der Waals surface area contributed by atoms with Crippen molar-refractivity contribution in [2.45, 2.75) is 37.8 Å². The van der Waals surface area contributed by atoms with Crippen molar-refractivity contribution >= 4 is 17.7 Å². The molecule has 0 bridgehead atoms. The van der Waals surface area contributed by atoms with Gasteiger partial charge in [-0.3, -0.25) is 19.3 Å². The van der Waals surface area contributed by atoms with Crippen LogP contribution in [0.3, 0.4) is 0 Å². The van der Waals surface area contributed by atoms with Crippen molar-refractivity contribution < 1.29 is 23.2 Å². The SMILES string of the molecule is NC(=O)[C@@H](NC(=O)[C@@H]1CCCC[C@H]1N1CCN(C(=O)c2cccc(F)c2F)CC1)c1ccccc1. The molecule has 186 valence electrons. The molecule has 1 saturated carbocycles. The number of nitrogens with zero attached hydrogens (tertiary/aromatic N) is 2. The highest BCUT2D eigenvalue weighted by molar-refractivity contribution is 5.94. The average molecular weight is 485 g/mol. The number of hydrogen-bond acceptors (Lipinski definition) is 4. The average Bonchev–Trinajstić information content (AvgIpc) is 2.89. The Morgan fingerprint density at radius 2 is 1.60 bits per heavy atom. The third-order valence-corrected chi connectivity index (χ3v) is 7.02. The van der Waals surface area contributed by atoms with Crippen molar-refractivity contribution in [2.24, 2.45) is 11.7 Å². The van der Waals surface area contributed by atoms with Crippen LogP contribution in [0.25, 0.3) is 0 Å². The van der Waals surface area contributed by atoms with Gasteiger partial charge in [0.25, 0.3) is 5.91 Å². The molecule has 1 aliphatic heterocycles. The van der Waals surface area contributed by atoms with Crippen molar-refractivity contribution in [2.75, 3.05) is 26.2 Å². The molecule has 1 saturated heterocycles. The van der Waals surface area contributed by atoms with E-state index in [0.29, 0.717) is 38.2 Å². The third kappa shape index (κ3) is 5.51. The second-order valence-corrected chi connectivity index (χ2v) is 9.14. The van der Waals surface area contributed by atoms with E-state index in [1.807, 2.05) is 6.07 Å². The van der Waals surface area contributed by atoms with Gasteiger partial charge in [-0.25, -0.2) is 8.78 Å². The van der Waals surface area contributed by atoms with E-state index in [-0.39, 0.29) is 23.4 Å². The standard InChI is InChI=1S/C26H30F2N4O3/c27-20-11-6-10-19(22(20)28)26(35)32-15-13-31(14-16-32)21-12-5-4-9-18(21)25(34)30-23(24(29)33)17-7-2-1-3-8-17/h1-3,6-8,10-11,18,21,23H,4-5,9,12-16H2,(H2,29,33)(H,30,34)/t18-,21-,23+/m1/s1. The van der Waals surface area contributed by atoms with Crippen LogP contribution < -0.4 is 11.1 Å². The third-order valence-electron chi connectivity index (χ3n) is 7.02. The second-order valence-electron chi connectivity index (χ2n) is 9.14. The van der Waals surface area contributed by atoms with Gasteiger partial charge in [-0.1, -0.05) is 49.2 Å². The molecule has 35 heavy (non-hydrogen) atoms. The van der Waals surface area contributed by atoms with E-state index < -0.39 is 29.5 Å². The molecule has 2 fully saturated rings. The molecule has 2 aromatic rings. The molecule has 1 heterocycles. The van der Waals surface area contributed by atoms with Crippen LogP contribution in [-0.4, -0.2) is 59.7 Å². The first kappa shape index (κ1) is 24.8. The molecule has 0 unspecified atom stereocenters. The number of rotatable bonds is 6. The fourth-order valence-electron chi connectivity index (χ4n) is 5.16. The lowest BCUT2D eigenvalue weighted by molar-refractivity contribution is -0.133. The molecule has 3 atom stereocenters. The van der Waals surface area contributed by atoms with Crippen LogP contribution in [0.2, 0.25) is 0 Å². The summed E-state index contributed by atoms with van der Waals surface area (Å²) in [4.78, 5) is 41.8. The highest BCUT2D eigenvalue weighted by Gasteiger charge is 2.38. The number of halogens is 2. The van der Waals surface area contributed by atoms with E-state index in [1.54, 1.807) is 24.3 Å². The van der Waals surface area contributed by atoms with E-state index in [0.717, 1.165) is 25.3 Å². The van der Waals surface area contributed by atoms with Crippen molar-refractivity contribution in [1.29, 1.82) is 0 Å². The number of nitrogens with two attached hydrogens (primary N) is 1. The van der Waals surface area contributed by atoms with Crippen molar-refractivity contribution in [3.8, 4) is 0 Å². The van der Waals surface area contributed by atoms with Gasteiger partial charge in [-0.05, 0) is 30.5 Å². The van der Waals surface area contributed by atoms with Crippen molar-refractivity contribution in [3.05, 3.63) is 71.3 Å². The number of hydrogen-bond donors (Lipinski definition) is 2. The highest BCUT2D eigenvalue weighted by atomic mass is 19.2. The number of piperazine rings is 1. The van der Waals surface area contributed by atoms with Crippen molar-refractivity contribution in [3.63, 3.8) is 0 Å². The fourth-order valence-corrected chi connectivity index (χ4v) is 5.16. The summed E-state index contributed by atoms with van der Waals surface area (Å²) in [5.41, 5.74) is 5.95. The number of carbonyl (C=O) groups is 3. The number of amides is 3. The minimum Gasteiger partial charge on any atom is -0.368 e. The van der Waals surface area contributed by atoms with Crippen LogP contribution in [0.1, 0.15) is 47.6 Å². The number of primary amides is 1. The lowest BCUT2D eigenvalue weighted by Crippen LogP contribution is -2.56. The Hall–Kier alpha value is -3.33. The predicted octanol–water partition coefficient (Wildman–Crippen LogP) is 2.62. The molecule has 7 nitrogen and oxygen atoms in total. The van der Waals surface area contributed by atoms with E-state index in [9.17, 15) is 23.2 Å². The molecule has 0 radical (unpaired) electrons. The normalized spacial score (nSPS) is 21.8. The number of benzene rings is 2. The quantitative estimate of drug-likeness (QED) is 0.659. The van der Waals surface area contributed by atoms with Gasteiger partial charge in [0, 0.05) is 32.2 Å². The molecular formula is C26H30F2N4O3. The lowest BCUT2D eigenvalue weighted by Gasteiger charge is -2.44. The number of nitrogens with one attached hydrogen (secondary N) is 1. The summed E-state index contributed by atoms with van der Waals surface area (Å²) in [5.74, 6) is -3.85. The Balaban J connectivity index is 1.41. The Morgan fingerprint density at radius 1 is 0.914 bits per heavy atom. The topological polar surface area (TPSA) is 95.7 Å². The van der Waals surface area contributed by atoms with Gasteiger partial charge < -0.3 is 16.0 Å². The van der Waals surface area contributed by atoms with E-state index >= 15 is 0 Å². The maximum Gasteiger partial charge on any atom is 0.257 e. The largest absolute Gasteiger partial charge is 0.368 e. The summed E-state index contributed by atoms with van der Waals surface area (Å²) in [6, 6.07) is 11.6. The molecule has 0 spiro atoms. The van der Waals surface area contributed by atoms with Gasteiger partial charge in [0.15, 0.2) is 11.6 Å². The molecule has 2 aliphatic rings. The Morgan fingerprint density at radius 3 is 2.29 bits per heavy atom. The first-order valence-electron chi connectivity index (χ1n) is 12.0. The predicted molar refractivity (Wildman–Crippen MR) is 126 cm³/mol. The monoisotopic (exact) mass is 484 g/mol. The lowest BCUT2D eigenvalue weighted by atomic mass is 9.82. The highest BCUT2D eigenvalue weighted by Crippen LogP contribution is 2.30. The maximum atomic E-state index is 14.1. The smallest absolute Gasteiger partial charge is 0.257 e. The van der Waals surface area contributed by atoms with Gasteiger partial charge in [0.05, 0.1) is 11.5 Å². The Labute approximate surface area is 203 Å². The van der Waals surface area contributed by atoms with Crippen LogP contribution in [0.5, 0.6) is 0 Å². The summed E-state index contributed by atoms with van der Waals surface area (Å²) in [5, 5.41) is 2.85. The summed E-state index contributed by atoms with van der Waals surface area (Å²) in [6.45, 7) is 1.76. The minimum absolute atomic E-state index is 0.0313. The van der Waals surface area contributed by atoms with E-state index in [4.69, 9.17) is 5.73 Å². The second kappa shape index (κ2) is 10.9. The maximum absolute atomic E-state index is 14.1. The Bertz CT molecular complexity index is 1070. The molecule has 3 N–H and O–H groups in total. The first-order valence-corrected chi connectivity index (χ1v) is 12.0. The van der Waals surface area contributed by atoms with Crippen LogP contribution in [-0.2, 0) is 9.59 Å². The molecule has 4 rings (SSSR count). The van der Waals surface area contributed by atoms with Crippen LogP contribution in [0.15, 0.2) is 48.5 Å². The van der Waals surface area contributed by atoms with E-state index in [1.165, 1.54) is 17.0 Å². The zero-order chi connectivity index (χ0) is 24.9. The molecule has 9 heteroatoms. The van der Waals surface area contributed by atoms with Crippen LogP contribution >= 0.6 is 0 Å². The van der Waals surface area contributed by atoms with Gasteiger partial charge >= 0.3 is 0 Å². The Kier molecular flexibility index (Phi) is 7.75. The van der Waals surface area contributed by atoms with Gasteiger partial charge in [-0.2, -0.15) is 0 Å². The van der Waals surface area contributed by atoms with Crippen LogP contribution in [0.4, 0.5) is 8.78 Å². The summed E-state index contributed by atoms with van der Waals surface area (Å²) >= 11 is 0. The molecule has 3 amide bonds. The van der Waals surface area contributed by atoms with E-state index in [2.05, 4.69) is 10.2 Å². The summed E-state index contributed by atoms with van der Waals surface area (Å²) < 4.78 is 27.6. The first-order chi connectivity index (χ1) is 16.9. The molecule has 0 aromatic heterocycles. The number of carbonyl (C=O) groups excluding carboxylic acids is 3. The van der Waals surface area contributed by atoms with Gasteiger partial charge in [0.2, 0.25) is 11.8 Å². The minimum atomic E-state index is -1.13. The molecule has 2 aromatic carbocycles. The van der Waals surface area contributed by atoms with Crippen molar-refractivity contribution in [1.82, 2.24) is 15.1 Å². The zero-order valence-electron chi connectivity index (χ0n) is 19.5. The van der Waals surface area contributed by atoms with Gasteiger partial charge in [-0.15, -0.1) is 0 Å². The fraction of sp³-hybridized carbons (Fsp3) is 0.423. The van der Waals surface area contributed by atoms with Crippen LogP contribution in [0, 0.1) is 17.6 Å². The summed E-state index contributed by atoms with van der Waals surface area (Å²) in [7, 11) is 0. The van der Waals surface area contributed by atoms with Gasteiger partial charge in [0.1, 0.15) is 6.04 Å².